The lowest BCUT2D eigenvalue weighted by molar-refractivity contribution is -0.142. The van der Waals surface area contributed by atoms with Gasteiger partial charge in [-0.1, -0.05) is 99.5 Å². The van der Waals surface area contributed by atoms with Crippen LogP contribution in [0.25, 0.3) is 16.0 Å². The van der Waals surface area contributed by atoms with E-state index in [-0.39, 0.29) is 73.8 Å². The molecular formula is C83H108ClF3N12O12S5. The second-order valence-electron chi connectivity index (χ2n) is 32.8. The molecule has 0 radical (unpaired) electrons. The fraction of sp³-hybridized carbons (Fsp3) is 0.530. The Morgan fingerprint density at radius 3 is 2.14 bits per heavy atom. The van der Waals surface area contributed by atoms with Crippen molar-refractivity contribution in [3.63, 3.8) is 0 Å². The molecule has 5 saturated heterocycles. The van der Waals surface area contributed by atoms with Crippen molar-refractivity contribution in [2.24, 2.45) is 10.8 Å². The number of aromatic nitrogens is 1. The Labute approximate surface area is 693 Å². The van der Waals surface area contributed by atoms with Crippen molar-refractivity contribution >= 4 is 105 Å². The molecule has 5 aromatic carbocycles. The van der Waals surface area contributed by atoms with Crippen LogP contribution in [-0.4, -0.2) is 253 Å². The number of anilines is 2. The highest BCUT2D eigenvalue weighted by Gasteiger charge is 2.50. The molecule has 5 fully saturated rings. The summed E-state index contributed by atoms with van der Waals surface area (Å²) in [5.74, 6) is -1.58. The molecule has 6 aromatic rings. The number of sulfone groups is 1. The standard InChI is InChI=1S/C83H108ClF3N12O12S5/c1-57(59-13-15-61(16-14-59)76-58(2)89-56-113-76)90-79(103)73-49-67(100)53-99(73)80(104)77(81(3,4)5)88-33-28-75(101)97-36-30-69(31-37-97)116(109,110)98-44-40-95(41-45-98)55-82(6)32-27-71(60-17-21-64(84)22-18-60)63(51-82)52-94-38-42-96(43-39-94)66-23-19-62(20-24-66)78(102)92-115(107,108)70-25-26-72(74(50-70)114(105,106)83(85,86)87)91-65(54-112-68-11-8-7-9-12-68)29-35-93-34-10-47-111-48-46-93/h7-9,11-26,50,56-57,65,67,69,73,77,88,91,100H,10,27-49,51-55H2,1-6H3,(H,90,103)(H,92,102)/t57-,65+,67+,73-,77+,82+/m0/s1. The van der Waals surface area contributed by atoms with E-state index in [1.54, 1.807) is 32.7 Å². The van der Waals surface area contributed by atoms with Gasteiger partial charge >= 0.3 is 5.51 Å². The quantitative estimate of drug-likeness (QED) is 0.0273. The van der Waals surface area contributed by atoms with Gasteiger partial charge in [0, 0.05) is 164 Å². The number of carbonyl (C=O) groups is 4. The zero-order valence-electron chi connectivity index (χ0n) is 66.7. The van der Waals surface area contributed by atoms with Crippen LogP contribution in [0.3, 0.4) is 0 Å². The number of benzene rings is 5. The van der Waals surface area contributed by atoms with Crippen molar-refractivity contribution in [2.45, 2.75) is 155 Å². The van der Waals surface area contributed by atoms with E-state index < -0.39 is 91.7 Å². The first-order valence-electron chi connectivity index (χ1n) is 39.9. The van der Waals surface area contributed by atoms with Crippen molar-refractivity contribution in [3.8, 4) is 10.4 Å². The number of carbonyl (C=O) groups excluding carboxylic acids is 4. The number of alkyl halides is 3. The number of aliphatic hydroxyl groups is 1. The number of ether oxygens (including phenoxy) is 1. The first-order chi connectivity index (χ1) is 55.1. The number of aliphatic hydroxyl groups excluding tert-OH is 1. The summed E-state index contributed by atoms with van der Waals surface area (Å²) in [7, 11) is -14.7. The molecule has 1 aromatic heterocycles. The molecule has 6 aliphatic rings. The molecule has 6 atom stereocenters. The number of thioether (sulfide) groups is 1. The number of β-amino-alcohol motifs (C(OH)–C–C–N with tert-alkyl or cyclic N) is 1. The second kappa shape index (κ2) is 38.1. The minimum Gasteiger partial charge on any atom is -0.391 e. The van der Waals surface area contributed by atoms with Crippen LogP contribution in [0.15, 0.2) is 147 Å². The number of rotatable bonds is 29. The highest BCUT2D eigenvalue weighted by atomic mass is 35.5. The molecule has 0 bridgehead atoms. The van der Waals surface area contributed by atoms with Gasteiger partial charge in [-0.05, 0) is 159 Å². The second-order valence-corrected chi connectivity index (χ2v) is 41.0. The van der Waals surface area contributed by atoms with Gasteiger partial charge in [0.1, 0.15) is 10.9 Å². The first kappa shape index (κ1) is 88.2. The lowest BCUT2D eigenvalue weighted by atomic mass is 9.71. The summed E-state index contributed by atoms with van der Waals surface area (Å²) in [6.45, 7) is 21.7. The van der Waals surface area contributed by atoms with Crippen molar-refractivity contribution in [1.29, 1.82) is 0 Å². The predicted molar refractivity (Wildman–Crippen MR) is 448 cm³/mol. The van der Waals surface area contributed by atoms with Gasteiger partial charge < -0.3 is 50.3 Å². The third kappa shape index (κ3) is 22.1. The van der Waals surface area contributed by atoms with E-state index in [1.807, 2.05) is 112 Å². The number of aryl methyl sites for hydroxylation is 1. The summed E-state index contributed by atoms with van der Waals surface area (Å²) in [4.78, 5) is 72.3. The maximum Gasteiger partial charge on any atom is 0.501 e. The van der Waals surface area contributed by atoms with Crippen LogP contribution < -0.4 is 25.6 Å². The van der Waals surface area contributed by atoms with Crippen molar-refractivity contribution in [1.82, 2.24) is 49.1 Å². The molecule has 0 saturated carbocycles. The topological polar surface area (TPSA) is 284 Å². The van der Waals surface area contributed by atoms with Crippen molar-refractivity contribution in [2.75, 3.05) is 140 Å². The number of hydrogen-bond acceptors (Lipinski definition) is 21. The highest BCUT2D eigenvalue weighted by Crippen LogP contribution is 2.45. The Hall–Kier alpha value is -7.05. The third-order valence-electron chi connectivity index (χ3n) is 23.2. The van der Waals surface area contributed by atoms with Gasteiger partial charge in [0.15, 0.2) is 0 Å². The van der Waals surface area contributed by atoms with Crippen LogP contribution >= 0.6 is 34.7 Å². The van der Waals surface area contributed by atoms with Crippen LogP contribution in [0.4, 0.5) is 24.5 Å². The predicted octanol–water partition coefficient (Wildman–Crippen LogP) is 10.8. The number of piperazine rings is 2. The van der Waals surface area contributed by atoms with E-state index >= 15 is 0 Å². The Balaban J connectivity index is 0.602. The maximum absolute atomic E-state index is 14.5. The number of likely N-dealkylation sites (tertiary alicyclic amines) is 2. The van der Waals surface area contributed by atoms with Crippen LogP contribution in [0, 0.1) is 17.8 Å². The van der Waals surface area contributed by atoms with Crippen LogP contribution in [-0.2, 0) is 49.0 Å². The number of sulfonamides is 2. The van der Waals surface area contributed by atoms with Crippen molar-refractivity contribution in [3.05, 3.63) is 160 Å². The molecule has 6 heterocycles. The summed E-state index contributed by atoms with van der Waals surface area (Å²) in [6.07, 6.45) is 3.69. The molecule has 0 spiro atoms. The van der Waals surface area contributed by atoms with E-state index in [0.717, 1.165) is 95.3 Å². The molecular weight excluding hydrogens is 1610 g/mol. The Morgan fingerprint density at radius 1 is 0.793 bits per heavy atom. The smallest absolute Gasteiger partial charge is 0.391 e. The molecule has 116 heavy (non-hydrogen) atoms. The van der Waals surface area contributed by atoms with E-state index in [4.69, 9.17) is 16.3 Å². The summed E-state index contributed by atoms with van der Waals surface area (Å²) >= 11 is 9.41. The Morgan fingerprint density at radius 2 is 1.47 bits per heavy atom. The molecule has 24 nitrogen and oxygen atoms in total. The van der Waals surface area contributed by atoms with Crippen LogP contribution in [0.1, 0.15) is 126 Å². The molecule has 5 aliphatic heterocycles. The van der Waals surface area contributed by atoms with Gasteiger partial charge in [0.25, 0.3) is 25.8 Å². The summed E-state index contributed by atoms with van der Waals surface area (Å²) < 4.78 is 136. The number of halogens is 4. The molecule has 5 N–H and O–H groups in total. The average molecular weight is 1720 g/mol. The van der Waals surface area contributed by atoms with E-state index in [1.165, 1.54) is 39.9 Å². The van der Waals surface area contributed by atoms with E-state index in [9.17, 15) is 62.7 Å². The fourth-order valence-corrected chi connectivity index (χ4v) is 22.5. The van der Waals surface area contributed by atoms with Gasteiger partial charge in [-0.2, -0.15) is 17.5 Å². The zero-order valence-corrected chi connectivity index (χ0v) is 71.5. The maximum atomic E-state index is 14.5. The fourth-order valence-electron chi connectivity index (χ4n) is 16.6. The largest absolute Gasteiger partial charge is 0.501 e. The summed E-state index contributed by atoms with van der Waals surface area (Å²) in [5.41, 5.74) is 2.17. The van der Waals surface area contributed by atoms with Gasteiger partial charge in [0.2, 0.25) is 27.7 Å². The van der Waals surface area contributed by atoms with Crippen LogP contribution in [0.5, 0.6) is 0 Å². The number of piperidine rings is 1. The number of allylic oxidation sites excluding steroid dienone is 1. The lowest BCUT2D eigenvalue weighted by Crippen LogP contribution is -2.57. The Bertz CT molecular complexity index is 4790. The third-order valence-corrected chi connectivity index (χ3v) is 30.9. The summed E-state index contributed by atoms with van der Waals surface area (Å²) in [5, 5.41) is 20.3. The molecule has 4 amide bonds. The molecule has 33 heteroatoms. The normalized spacial score (nSPS) is 21.3. The molecule has 1 aliphatic carbocycles. The van der Waals surface area contributed by atoms with Crippen molar-refractivity contribution < 1.29 is 67.4 Å². The lowest BCUT2D eigenvalue weighted by Gasteiger charge is -2.44. The molecule has 12 rings (SSSR count). The summed E-state index contributed by atoms with van der Waals surface area (Å²) in [6, 6.07) is 31.3. The number of amides is 4. The number of hydrogen-bond donors (Lipinski definition) is 5. The van der Waals surface area contributed by atoms with E-state index in [2.05, 4.69) is 59.6 Å². The average Bonchev–Trinajstić information content (AvgIpc) is 0.950. The molecule has 0 unspecified atom stereocenters. The number of nitrogens with one attached hydrogen (secondary N) is 4. The molecule has 630 valence electrons. The monoisotopic (exact) mass is 1720 g/mol. The minimum atomic E-state index is -6.13. The SMILES string of the molecule is Cc1ncsc1-c1ccc([C@H](C)NC(=O)[C@@H]2C[C@@H](O)CN2C(=O)[C@@H](NCCC(=O)N2CCC(S(=O)(=O)N3CCN(C[C@]4(C)CCC(c5ccc(Cl)cc5)=C(CN5CCN(c6ccc(C(=O)NS(=O)(=O)c7ccc(N[C@H](CCN8CCCOCC8)CSc8ccccc8)c(S(=O)(=O)C(F)(F)F)c7)cc6)CC5)C4)CC3)CC2)C(C)(C)C)cc1. The Kier molecular flexibility index (Phi) is 29.0. The van der Waals surface area contributed by atoms with E-state index in [0.29, 0.717) is 115 Å². The first-order valence-corrected chi connectivity index (χ1v) is 46.7. The zero-order chi connectivity index (χ0) is 82.9. The van der Waals surface area contributed by atoms with Gasteiger partial charge in [-0.3, -0.25) is 24.1 Å². The minimum absolute atomic E-state index is 0.00319. The highest BCUT2D eigenvalue weighted by molar-refractivity contribution is 7.99. The van der Waals surface area contributed by atoms with Gasteiger partial charge in [0.05, 0.1) is 56.7 Å². The van der Waals surface area contributed by atoms with Gasteiger partial charge in [-0.15, -0.1) is 23.1 Å². The number of nitrogens with zero attached hydrogens (tertiary/aromatic N) is 8. The van der Waals surface area contributed by atoms with Crippen LogP contribution in [0.2, 0.25) is 5.02 Å². The van der Waals surface area contributed by atoms with Gasteiger partial charge in [-0.25, -0.2) is 35.0 Å². The number of thiazole rings is 1.